The van der Waals surface area contributed by atoms with Crippen molar-refractivity contribution in [2.45, 2.75) is 69.3 Å². The van der Waals surface area contributed by atoms with Crippen LogP contribution in [0, 0.1) is 0 Å². The third kappa shape index (κ3) is 4.28. The minimum absolute atomic E-state index is 0.108. The molecule has 4 nitrogen and oxygen atoms in total. The molecule has 1 aliphatic rings. The van der Waals surface area contributed by atoms with E-state index in [-0.39, 0.29) is 6.04 Å². The maximum atomic E-state index is 12.8. The molecule has 0 aliphatic carbocycles. The highest BCUT2D eigenvalue weighted by Gasteiger charge is 2.31. The van der Waals surface area contributed by atoms with Gasteiger partial charge < -0.3 is 5.32 Å². The first-order valence-electron chi connectivity index (χ1n) is 7.75. The van der Waals surface area contributed by atoms with Crippen LogP contribution < -0.4 is 5.32 Å². The van der Waals surface area contributed by atoms with Gasteiger partial charge in [-0.1, -0.05) is 26.7 Å². The summed E-state index contributed by atoms with van der Waals surface area (Å²) >= 11 is 1.39. The Morgan fingerprint density at radius 2 is 2.10 bits per heavy atom. The molecule has 2 heterocycles. The molecule has 1 aromatic heterocycles. The molecule has 0 saturated carbocycles. The summed E-state index contributed by atoms with van der Waals surface area (Å²) in [7, 11) is -3.33. The molecule has 21 heavy (non-hydrogen) atoms. The van der Waals surface area contributed by atoms with Crippen molar-refractivity contribution in [3.05, 3.63) is 17.0 Å². The second-order valence-corrected chi connectivity index (χ2v) is 9.36. The van der Waals surface area contributed by atoms with Gasteiger partial charge in [-0.3, -0.25) is 0 Å². The van der Waals surface area contributed by atoms with E-state index in [1.54, 1.807) is 10.4 Å². The van der Waals surface area contributed by atoms with E-state index in [0.29, 0.717) is 16.8 Å². The summed E-state index contributed by atoms with van der Waals surface area (Å²) in [6, 6.07) is 4.19. The van der Waals surface area contributed by atoms with Gasteiger partial charge in [0.1, 0.15) is 4.21 Å². The molecular formula is C15H26N2O2S2. The molecule has 0 spiro atoms. The maximum absolute atomic E-state index is 12.8. The summed E-state index contributed by atoms with van der Waals surface area (Å²) in [4.78, 5) is 1.07. The summed E-state index contributed by atoms with van der Waals surface area (Å²) in [5.41, 5.74) is 0. The van der Waals surface area contributed by atoms with Crippen molar-refractivity contribution in [2.75, 3.05) is 6.54 Å². The average molecular weight is 331 g/mol. The minimum atomic E-state index is -3.33. The lowest BCUT2D eigenvalue weighted by atomic mass is 10.1. The van der Waals surface area contributed by atoms with Crippen molar-refractivity contribution in [1.29, 1.82) is 0 Å². The molecule has 0 amide bonds. The summed E-state index contributed by atoms with van der Waals surface area (Å²) < 4.78 is 27.8. The Hall–Kier alpha value is -0.430. The van der Waals surface area contributed by atoms with Gasteiger partial charge in [-0.15, -0.1) is 11.3 Å². The third-order valence-corrected chi connectivity index (χ3v) is 7.44. The Morgan fingerprint density at radius 1 is 1.33 bits per heavy atom. The van der Waals surface area contributed by atoms with Crippen LogP contribution in [0.3, 0.4) is 0 Å². The van der Waals surface area contributed by atoms with Gasteiger partial charge in [0.15, 0.2) is 0 Å². The van der Waals surface area contributed by atoms with Gasteiger partial charge >= 0.3 is 0 Å². The lowest BCUT2D eigenvalue weighted by Gasteiger charge is -2.25. The topological polar surface area (TPSA) is 49.4 Å². The quantitative estimate of drug-likeness (QED) is 0.902. The van der Waals surface area contributed by atoms with Crippen molar-refractivity contribution in [2.24, 2.45) is 0 Å². The number of hydrogen-bond acceptors (Lipinski definition) is 4. The van der Waals surface area contributed by atoms with E-state index in [0.717, 1.165) is 37.1 Å². The fraction of sp³-hybridized carbons (Fsp3) is 0.733. The van der Waals surface area contributed by atoms with Gasteiger partial charge in [-0.25, -0.2) is 8.42 Å². The van der Waals surface area contributed by atoms with Gasteiger partial charge in [0, 0.05) is 30.1 Å². The second-order valence-electron chi connectivity index (χ2n) is 6.07. The summed E-state index contributed by atoms with van der Waals surface area (Å²) in [5, 5.41) is 3.33. The van der Waals surface area contributed by atoms with E-state index in [1.165, 1.54) is 11.3 Å². The highest BCUT2D eigenvalue weighted by molar-refractivity contribution is 7.91. The first-order chi connectivity index (χ1) is 9.91. The van der Waals surface area contributed by atoms with Crippen LogP contribution in [0.15, 0.2) is 16.3 Å². The highest BCUT2D eigenvalue weighted by Crippen LogP contribution is 2.29. The van der Waals surface area contributed by atoms with Gasteiger partial charge in [-0.2, -0.15) is 4.31 Å². The molecular weight excluding hydrogens is 304 g/mol. The van der Waals surface area contributed by atoms with Crippen molar-refractivity contribution in [3.8, 4) is 0 Å². The Bertz CT molecular complexity index is 552. The van der Waals surface area contributed by atoms with Crippen LogP contribution in [0.1, 0.15) is 51.3 Å². The summed E-state index contributed by atoms with van der Waals surface area (Å²) in [6.45, 7) is 7.58. The lowest BCUT2D eigenvalue weighted by molar-refractivity contribution is 0.343. The molecule has 1 atom stereocenters. The molecule has 2 rings (SSSR count). The van der Waals surface area contributed by atoms with E-state index in [2.05, 4.69) is 19.2 Å². The number of nitrogens with zero attached hydrogens (tertiary/aromatic N) is 1. The lowest BCUT2D eigenvalue weighted by Crippen LogP contribution is -2.37. The number of rotatable bonds is 5. The Morgan fingerprint density at radius 3 is 2.81 bits per heavy atom. The normalized spacial score (nSPS) is 21.6. The SMILES string of the molecule is CC(C)NCc1ccc(S(=O)(=O)N2CCCCCC2C)s1. The van der Waals surface area contributed by atoms with Gasteiger partial charge in [0.2, 0.25) is 0 Å². The average Bonchev–Trinajstić information content (AvgIpc) is 2.79. The standard InChI is InChI=1S/C15H26N2O2S2/c1-12(2)16-11-14-8-9-15(20-14)21(18,19)17-10-6-4-5-7-13(17)3/h8-9,12-13,16H,4-7,10-11H2,1-3H3. The number of hydrogen-bond donors (Lipinski definition) is 1. The van der Waals surface area contributed by atoms with E-state index < -0.39 is 10.0 Å². The van der Waals surface area contributed by atoms with Crippen LogP contribution in [-0.4, -0.2) is 31.4 Å². The van der Waals surface area contributed by atoms with Gasteiger partial charge in [0.25, 0.3) is 10.0 Å². The van der Waals surface area contributed by atoms with Crippen LogP contribution in [0.25, 0.3) is 0 Å². The molecule has 0 radical (unpaired) electrons. The zero-order valence-corrected chi connectivity index (χ0v) is 14.8. The third-order valence-electron chi connectivity index (χ3n) is 3.88. The molecule has 0 aromatic carbocycles. The molecule has 1 aromatic rings. The fourth-order valence-corrected chi connectivity index (χ4v) is 5.75. The first kappa shape index (κ1) is 16.9. The Balaban J connectivity index is 2.15. The van der Waals surface area contributed by atoms with Crippen LogP contribution in [0.5, 0.6) is 0 Å². The van der Waals surface area contributed by atoms with Crippen molar-refractivity contribution >= 4 is 21.4 Å². The van der Waals surface area contributed by atoms with E-state index in [1.807, 2.05) is 13.0 Å². The summed E-state index contributed by atoms with van der Waals surface area (Å²) in [5.74, 6) is 0. The Kier molecular flexibility index (Phi) is 5.82. The first-order valence-corrected chi connectivity index (χ1v) is 10.0. The molecule has 1 N–H and O–H groups in total. The van der Waals surface area contributed by atoms with Crippen molar-refractivity contribution < 1.29 is 8.42 Å². The van der Waals surface area contributed by atoms with Crippen LogP contribution in [-0.2, 0) is 16.6 Å². The molecule has 1 fully saturated rings. The van der Waals surface area contributed by atoms with Crippen molar-refractivity contribution in [3.63, 3.8) is 0 Å². The van der Waals surface area contributed by atoms with E-state index in [9.17, 15) is 8.42 Å². The van der Waals surface area contributed by atoms with Crippen LogP contribution in [0.4, 0.5) is 0 Å². The van der Waals surface area contributed by atoms with Gasteiger partial charge in [0.05, 0.1) is 0 Å². The number of sulfonamides is 1. The predicted octanol–water partition coefficient (Wildman–Crippen LogP) is 3.20. The molecule has 6 heteroatoms. The monoisotopic (exact) mass is 330 g/mol. The molecule has 0 bridgehead atoms. The van der Waals surface area contributed by atoms with Crippen LogP contribution in [0.2, 0.25) is 0 Å². The maximum Gasteiger partial charge on any atom is 0.252 e. The van der Waals surface area contributed by atoms with Gasteiger partial charge in [-0.05, 0) is 31.9 Å². The highest BCUT2D eigenvalue weighted by atomic mass is 32.2. The fourth-order valence-electron chi connectivity index (χ4n) is 2.62. The van der Waals surface area contributed by atoms with E-state index in [4.69, 9.17) is 0 Å². The zero-order chi connectivity index (χ0) is 15.5. The number of nitrogens with one attached hydrogen (secondary N) is 1. The Labute approximate surface area is 132 Å². The zero-order valence-electron chi connectivity index (χ0n) is 13.1. The smallest absolute Gasteiger partial charge is 0.252 e. The van der Waals surface area contributed by atoms with E-state index >= 15 is 0 Å². The molecule has 1 saturated heterocycles. The molecule has 1 aliphatic heterocycles. The minimum Gasteiger partial charge on any atom is -0.310 e. The molecule has 120 valence electrons. The molecule has 1 unspecified atom stereocenters. The van der Waals surface area contributed by atoms with Crippen LogP contribution >= 0.6 is 11.3 Å². The number of thiophene rings is 1. The largest absolute Gasteiger partial charge is 0.310 e. The second kappa shape index (κ2) is 7.22. The van der Waals surface area contributed by atoms with Crippen molar-refractivity contribution in [1.82, 2.24) is 9.62 Å². The predicted molar refractivity (Wildman–Crippen MR) is 88.1 cm³/mol. The summed E-state index contributed by atoms with van der Waals surface area (Å²) in [6.07, 6.45) is 4.19.